The molecule has 4 nitrogen and oxygen atoms in total. The summed E-state index contributed by atoms with van der Waals surface area (Å²) < 4.78 is 0. The third-order valence-electron chi connectivity index (χ3n) is 1.77. The molecular weight excluding hydrogens is 180 g/mol. The lowest BCUT2D eigenvalue weighted by atomic mass is 10.1. The van der Waals surface area contributed by atoms with Crippen molar-refractivity contribution in [1.82, 2.24) is 4.98 Å². The predicted molar refractivity (Wildman–Crippen MR) is 55.0 cm³/mol. The van der Waals surface area contributed by atoms with Crippen molar-refractivity contribution in [3.05, 3.63) is 52.4 Å². The molecule has 0 amide bonds. The summed E-state index contributed by atoms with van der Waals surface area (Å²) in [5.41, 5.74) is 1.02. The number of hydrogen-bond acceptors (Lipinski definition) is 3. The van der Waals surface area contributed by atoms with Crippen molar-refractivity contribution in [2.75, 3.05) is 0 Å². The Kier molecular flexibility index (Phi) is 3.12. The second-order valence-corrected chi connectivity index (χ2v) is 2.58. The molecule has 0 N–H and O–H groups in total. The summed E-state index contributed by atoms with van der Waals surface area (Å²) in [6.45, 7) is 5.19. The van der Waals surface area contributed by atoms with Crippen LogP contribution in [0.25, 0.3) is 11.8 Å². The first kappa shape index (κ1) is 10.1. The molecule has 0 aliphatic carbocycles. The van der Waals surface area contributed by atoms with E-state index in [1.54, 1.807) is 25.1 Å². The highest BCUT2D eigenvalue weighted by molar-refractivity contribution is 5.66. The smallest absolute Gasteiger partial charge is 0.258 e. The van der Waals surface area contributed by atoms with Gasteiger partial charge in [-0.05, 0) is 19.1 Å². The zero-order valence-electron chi connectivity index (χ0n) is 7.80. The van der Waals surface area contributed by atoms with Gasteiger partial charge in [-0.25, -0.2) is 4.98 Å². The van der Waals surface area contributed by atoms with Crippen molar-refractivity contribution < 1.29 is 4.92 Å². The molecule has 0 saturated heterocycles. The average molecular weight is 190 g/mol. The van der Waals surface area contributed by atoms with Crippen LogP contribution in [0.5, 0.6) is 0 Å². The van der Waals surface area contributed by atoms with Gasteiger partial charge in [-0.2, -0.15) is 0 Å². The van der Waals surface area contributed by atoms with Gasteiger partial charge in [0.2, 0.25) is 0 Å². The highest BCUT2D eigenvalue weighted by Crippen LogP contribution is 2.17. The van der Waals surface area contributed by atoms with E-state index < -0.39 is 4.92 Å². The molecule has 0 spiro atoms. The number of nitro groups is 1. The lowest BCUT2D eigenvalue weighted by Gasteiger charge is -2.00. The lowest BCUT2D eigenvalue weighted by molar-refractivity contribution is -0.375. The van der Waals surface area contributed by atoms with Crippen LogP contribution >= 0.6 is 0 Å². The van der Waals surface area contributed by atoms with Gasteiger partial charge in [-0.1, -0.05) is 18.7 Å². The van der Waals surface area contributed by atoms with E-state index in [-0.39, 0.29) is 5.70 Å². The second-order valence-electron chi connectivity index (χ2n) is 2.58. The van der Waals surface area contributed by atoms with Crippen molar-refractivity contribution >= 4 is 11.8 Å². The van der Waals surface area contributed by atoms with Crippen molar-refractivity contribution in [3.8, 4) is 0 Å². The quantitative estimate of drug-likeness (QED) is 0.543. The van der Waals surface area contributed by atoms with Crippen LogP contribution in [0.1, 0.15) is 18.2 Å². The van der Waals surface area contributed by atoms with Crippen LogP contribution < -0.4 is 0 Å². The molecule has 4 heteroatoms. The third-order valence-corrected chi connectivity index (χ3v) is 1.77. The molecule has 1 aromatic heterocycles. The van der Waals surface area contributed by atoms with E-state index in [0.717, 1.165) is 0 Å². The van der Waals surface area contributed by atoms with Gasteiger partial charge < -0.3 is 0 Å². The Balaban J connectivity index is 3.30. The minimum Gasteiger partial charge on any atom is -0.258 e. The number of hydrogen-bond donors (Lipinski definition) is 0. The van der Waals surface area contributed by atoms with Crippen LogP contribution in [-0.4, -0.2) is 9.91 Å². The lowest BCUT2D eigenvalue weighted by Crippen LogP contribution is -2.01. The molecule has 1 aromatic rings. The van der Waals surface area contributed by atoms with E-state index in [4.69, 9.17) is 0 Å². The first-order valence-corrected chi connectivity index (χ1v) is 4.09. The van der Waals surface area contributed by atoms with Gasteiger partial charge >= 0.3 is 0 Å². The Morgan fingerprint density at radius 2 is 2.43 bits per heavy atom. The maximum absolute atomic E-state index is 10.7. The Labute approximate surface area is 81.7 Å². The fraction of sp³-hybridized carbons (Fsp3) is 0.100. The van der Waals surface area contributed by atoms with Crippen LogP contribution in [-0.2, 0) is 0 Å². The van der Waals surface area contributed by atoms with Gasteiger partial charge in [0.1, 0.15) is 5.69 Å². The van der Waals surface area contributed by atoms with Gasteiger partial charge in [0.15, 0.2) is 0 Å². The van der Waals surface area contributed by atoms with Crippen LogP contribution in [0, 0.1) is 10.1 Å². The molecule has 0 aromatic carbocycles. The van der Waals surface area contributed by atoms with E-state index in [2.05, 4.69) is 11.6 Å². The number of nitrogens with zero attached hydrogens (tertiary/aromatic N) is 2. The second kappa shape index (κ2) is 4.32. The molecule has 14 heavy (non-hydrogen) atoms. The SMILES string of the molecule is C=Cc1cccnc1/C(=C\C)[N+](=O)[O-]. The van der Waals surface area contributed by atoms with E-state index in [1.807, 2.05) is 0 Å². The number of allylic oxidation sites excluding steroid dienone is 1. The van der Waals surface area contributed by atoms with Crippen molar-refractivity contribution in [2.45, 2.75) is 6.92 Å². The molecule has 0 aliphatic rings. The number of pyridine rings is 1. The molecule has 0 unspecified atom stereocenters. The van der Waals surface area contributed by atoms with Gasteiger partial charge in [0.05, 0.1) is 4.92 Å². The average Bonchev–Trinajstić information content (AvgIpc) is 2.19. The highest BCUT2D eigenvalue weighted by atomic mass is 16.6. The summed E-state index contributed by atoms with van der Waals surface area (Å²) in [6.07, 6.45) is 4.50. The van der Waals surface area contributed by atoms with Crippen LogP contribution in [0.3, 0.4) is 0 Å². The predicted octanol–water partition coefficient (Wildman–Crippen LogP) is 2.36. The molecule has 72 valence electrons. The fourth-order valence-electron chi connectivity index (χ4n) is 1.13. The summed E-state index contributed by atoms with van der Waals surface area (Å²) in [4.78, 5) is 14.2. The topological polar surface area (TPSA) is 56.0 Å². The molecule has 0 fully saturated rings. The summed E-state index contributed by atoms with van der Waals surface area (Å²) in [5.74, 6) is 0. The Morgan fingerprint density at radius 1 is 1.71 bits per heavy atom. The van der Waals surface area contributed by atoms with E-state index in [9.17, 15) is 10.1 Å². The standard InChI is InChI=1S/C10H10N2O2/c1-3-8-6-5-7-11-10(8)9(4-2)12(13)14/h3-7H,1H2,2H3/b9-4+. The number of rotatable bonds is 3. The molecule has 1 rings (SSSR count). The van der Waals surface area contributed by atoms with Crippen LogP contribution in [0.4, 0.5) is 0 Å². The fourth-order valence-corrected chi connectivity index (χ4v) is 1.13. The minimum atomic E-state index is -0.449. The first-order valence-electron chi connectivity index (χ1n) is 4.09. The van der Waals surface area contributed by atoms with E-state index in [0.29, 0.717) is 11.3 Å². The zero-order chi connectivity index (χ0) is 10.6. The van der Waals surface area contributed by atoms with E-state index in [1.165, 1.54) is 12.3 Å². The molecule has 0 bridgehead atoms. The Bertz CT molecular complexity index is 397. The normalized spacial score (nSPS) is 11.1. The molecule has 0 saturated carbocycles. The highest BCUT2D eigenvalue weighted by Gasteiger charge is 2.16. The zero-order valence-corrected chi connectivity index (χ0v) is 7.80. The van der Waals surface area contributed by atoms with Crippen LogP contribution in [0.2, 0.25) is 0 Å². The Hall–Kier alpha value is -1.97. The molecular formula is C10H10N2O2. The maximum atomic E-state index is 10.7. The Morgan fingerprint density at radius 3 is 2.93 bits per heavy atom. The van der Waals surface area contributed by atoms with Crippen molar-refractivity contribution in [1.29, 1.82) is 0 Å². The van der Waals surface area contributed by atoms with Gasteiger partial charge in [-0.15, -0.1) is 0 Å². The largest absolute Gasteiger partial charge is 0.291 e. The summed E-state index contributed by atoms with van der Waals surface area (Å²) in [5, 5.41) is 10.7. The molecule has 0 radical (unpaired) electrons. The molecule has 0 atom stereocenters. The number of aromatic nitrogens is 1. The summed E-state index contributed by atoms with van der Waals surface area (Å²) >= 11 is 0. The van der Waals surface area contributed by atoms with Crippen molar-refractivity contribution in [2.24, 2.45) is 0 Å². The van der Waals surface area contributed by atoms with Gasteiger partial charge in [0.25, 0.3) is 5.70 Å². The van der Waals surface area contributed by atoms with Gasteiger partial charge in [0, 0.05) is 11.8 Å². The van der Waals surface area contributed by atoms with E-state index >= 15 is 0 Å². The maximum Gasteiger partial charge on any atom is 0.291 e. The summed E-state index contributed by atoms with van der Waals surface area (Å²) in [7, 11) is 0. The minimum absolute atomic E-state index is 0.000463. The third kappa shape index (κ3) is 1.85. The van der Waals surface area contributed by atoms with Crippen LogP contribution in [0.15, 0.2) is 31.0 Å². The van der Waals surface area contributed by atoms with Gasteiger partial charge in [-0.3, -0.25) is 10.1 Å². The molecule has 1 heterocycles. The van der Waals surface area contributed by atoms with Crippen molar-refractivity contribution in [3.63, 3.8) is 0 Å². The first-order chi connectivity index (χ1) is 6.70. The monoisotopic (exact) mass is 190 g/mol. The molecule has 0 aliphatic heterocycles. The summed E-state index contributed by atoms with van der Waals surface area (Å²) in [6, 6.07) is 3.45.